The maximum absolute atomic E-state index is 10.1. The van der Waals surface area contributed by atoms with Gasteiger partial charge >= 0.3 is 0 Å². The lowest BCUT2D eigenvalue weighted by molar-refractivity contribution is 0.0766. The Kier molecular flexibility index (Phi) is 3.92. The first-order chi connectivity index (χ1) is 8.74. The minimum absolute atomic E-state index is 0.0200. The van der Waals surface area contributed by atoms with Crippen molar-refractivity contribution in [3.63, 3.8) is 0 Å². The van der Waals surface area contributed by atoms with Gasteiger partial charge in [-0.2, -0.15) is 0 Å². The maximum Gasteiger partial charge on any atom is 0.0571 e. The number of nitrogens with one attached hydrogen (secondary N) is 1. The van der Waals surface area contributed by atoms with Crippen LogP contribution in [-0.4, -0.2) is 47.8 Å². The van der Waals surface area contributed by atoms with Crippen LogP contribution in [0.3, 0.4) is 0 Å². The van der Waals surface area contributed by atoms with Crippen LogP contribution < -0.4 is 5.32 Å². The zero-order valence-corrected chi connectivity index (χ0v) is 11.6. The summed E-state index contributed by atoms with van der Waals surface area (Å²) in [6.45, 7) is 5.82. The van der Waals surface area contributed by atoms with E-state index < -0.39 is 0 Å². The lowest BCUT2D eigenvalue weighted by atomic mass is 9.88. The Balaban J connectivity index is 1.50. The fourth-order valence-electron chi connectivity index (χ4n) is 3.45. The van der Waals surface area contributed by atoms with Crippen molar-refractivity contribution >= 4 is 0 Å². The van der Waals surface area contributed by atoms with Gasteiger partial charge < -0.3 is 15.3 Å². The number of hydrogen-bond donors (Lipinski definition) is 2. The van der Waals surface area contributed by atoms with Crippen molar-refractivity contribution in [1.29, 1.82) is 0 Å². The summed E-state index contributed by atoms with van der Waals surface area (Å²) in [6, 6.07) is 1.48. The summed E-state index contributed by atoms with van der Waals surface area (Å²) >= 11 is 0. The van der Waals surface area contributed by atoms with Gasteiger partial charge in [-0.05, 0) is 56.9 Å². The molecule has 0 amide bonds. The maximum atomic E-state index is 10.1. The van der Waals surface area contributed by atoms with E-state index in [9.17, 15) is 5.11 Å². The van der Waals surface area contributed by atoms with E-state index in [2.05, 4.69) is 17.1 Å². The highest BCUT2D eigenvalue weighted by Crippen LogP contribution is 2.36. The smallest absolute Gasteiger partial charge is 0.0571 e. The third-order valence-electron chi connectivity index (χ3n) is 4.85. The number of likely N-dealkylation sites (N-methyl/N-ethyl adjacent to an activating group) is 1. The van der Waals surface area contributed by atoms with E-state index in [1.165, 1.54) is 45.2 Å². The molecule has 0 aromatic rings. The van der Waals surface area contributed by atoms with Crippen molar-refractivity contribution in [2.75, 3.05) is 19.6 Å². The summed E-state index contributed by atoms with van der Waals surface area (Å²) < 4.78 is 0. The van der Waals surface area contributed by atoms with Crippen LogP contribution in [-0.2, 0) is 0 Å². The first kappa shape index (κ1) is 12.9. The molecule has 3 aliphatic rings. The number of rotatable bonds is 6. The first-order valence-electron chi connectivity index (χ1n) is 7.91. The van der Waals surface area contributed by atoms with Gasteiger partial charge in [0.05, 0.1) is 6.10 Å². The SMILES string of the molecule is CCN1CC(CC(O)C2CC2)CC(NC2CC2)C1. The topological polar surface area (TPSA) is 35.5 Å². The first-order valence-corrected chi connectivity index (χ1v) is 7.91. The Morgan fingerprint density at radius 2 is 1.94 bits per heavy atom. The molecule has 3 heteroatoms. The van der Waals surface area contributed by atoms with Crippen molar-refractivity contribution in [3.8, 4) is 0 Å². The van der Waals surface area contributed by atoms with E-state index in [1.54, 1.807) is 0 Å². The quantitative estimate of drug-likeness (QED) is 0.754. The van der Waals surface area contributed by atoms with Crippen LogP contribution in [0.5, 0.6) is 0 Å². The molecule has 3 unspecified atom stereocenters. The van der Waals surface area contributed by atoms with Gasteiger partial charge in [-0.3, -0.25) is 0 Å². The summed E-state index contributed by atoms with van der Waals surface area (Å²) in [4.78, 5) is 2.56. The summed E-state index contributed by atoms with van der Waals surface area (Å²) in [5, 5.41) is 13.9. The van der Waals surface area contributed by atoms with E-state index in [1.807, 2.05) is 0 Å². The van der Waals surface area contributed by atoms with Crippen LogP contribution >= 0.6 is 0 Å². The van der Waals surface area contributed by atoms with E-state index >= 15 is 0 Å². The summed E-state index contributed by atoms with van der Waals surface area (Å²) in [5.41, 5.74) is 0. The van der Waals surface area contributed by atoms with Crippen LogP contribution in [0.25, 0.3) is 0 Å². The van der Waals surface area contributed by atoms with Crippen molar-refractivity contribution < 1.29 is 5.11 Å². The van der Waals surface area contributed by atoms with Gasteiger partial charge in [-0.25, -0.2) is 0 Å². The van der Waals surface area contributed by atoms with Crippen molar-refractivity contribution in [1.82, 2.24) is 10.2 Å². The molecule has 3 fully saturated rings. The average Bonchev–Trinajstić information content (AvgIpc) is 3.21. The molecule has 2 saturated carbocycles. The Morgan fingerprint density at radius 1 is 1.17 bits per heavy atom. The van der Waals surface area contributed by atoms with Gasteiger partial charge in [0.15, 0.2) is 0 Å². The molecule has 0 aromatic heterocycles. The monoisotopic (exact) mass is 252 g/mol. The highest BCUT2D eigenvalue weighted by atomic mass is 16.3. The molecule has 3 atom stereocenters. The summed E-state index contributed by atoms with van der Waals surface area (Å²) in [7, 11) is 0. The Hall–Kier alpha value is -0.120. The highest BCUT2D eigenvalue weighted by molar-refractivity contribution is 4.92. The van der Waals surface area contributed by atoms with Gasteiger partial charge in [-0.1, -0.05) is 6.92 Å². The average molecular weight is 252 g/mol. The lowest BCUT2D eigenvalue weighted by Crippen LogP contribution is -2.50. The lowest BCUT2D eigenvalue weighted by Gasteiger charge is -2.38. The van der Waals surface area contributed by atoms with Gasteiger partial charge in [0.25, 0.3) is 0 Å². The molecule has 18 heavy (non-hydrogen) atoms. The second kappa shape index (κ2) is 5.48. The van der Waals surface area contributed by atoms with Gasteiger partial charge in [0.1, 0.15) is 0 Å². The standard InChI is InChI=1S/C15H28N2O/c1-2-17-9-11(8-15(18)12-3-4-12)7-14(10-17)16-13-5-6-13/h11-16,18H,2-10H2,1H3. The molecule has 3 rings (SSSR count). The predicted octanol–water partition coefficient (Wildman–Crippen LogP) is 1.61. The molecule has 1 aliphatic heterocycles. The van der Waals surface area contributed by atoms with Gasteiger partial charge in [0.2, 0.25) is 0 Å². The minimum atomic E-state index is -0.0200. The Bertz CT molecular complexity index is 276. The number of aliphatic hydroxyl groups excluding tert-OH is 1. The predicted molar refractivity (Wildman–Crippen MR) is 73.5 cm³/mol. The zero-order chi connectivity index (χ0) is 12.5. The molecule has 1 saturated heterocycles. The van der Waals surface area contributed by atoms with E-state index in [0.29, 0.717) is 17.9 Å². The fourth-order valence-corrected chi connectivity index (χ4v) is 3.45. The van der Waals surface area contributed by atoms with Crippen molar-refractivity contribution in [2.45, 2.75) is 63.6 Å². The number of piperidine rings is 1. The van der Waals surface area contributed by atoms with E-state index in [0.717, 1.165) is 19.0 Å². The Labute approximate surface area is 111 Å². The van der Waals surface area contributed by atoms with Crippen LogP contribution in [0.1, 0.15) is 45.4 Å². The van der Waals surface area contributed by atoms with E-state index in [4.69, 9.17) is 0 Å². The third kappa shape index (κ3) is 3.46. The van der Waals surface area contributed by atoms with Gasteiger partial charge in [-0.15, -0.1) is 0 Å². The van der Waals surface area contributed by atoms with Crippen LogP contribution in [0.2, 0.25) is 0 Å². The second-order valence-electron chi connectivity index (χ2n) is 6.73. The molecular weight excluding hydrogens is 224 g/mol. The van der Waals surface area contributed by atoms with Crippen LogP contribution in [0.15, 0.2) is 0 Å². The molecule has 104 valence electrons. The molecule has 0 radical (unpaired) electrons. The third-order valence-corrected chi connectivity index (χ3v) is 4.85. The van der Waals surface area contributed by atoms with Crippen molar-refractivity contribution in [3.05, 3.63) is 0 Å². The second-order valence-corrected chi connectivity index (χ2v) is 6.73. The van der Waals surface area contributed by atoms with Crippen LogP contribution in [0, 0.1) is 11.8 Å². The van der Waals surface area contributed by atoms with Crippen LogP contribution in [0.4, 0.5) is 0 Å². The largest absolute Gasteiger partial charge is 0.393 e. The molecule has 2 N–H and O–H groups in total. The molecule has 3 nitrogen and oxygen atoms in total. The number of hydrogen-bond acceptors (Lipinski definition) is 3. The molecule has 0 spiro atoms. The molecule has 0 aromatic carbocycles. The van der Waals surface area contributed by atoms with E-state index in [-0.39, 0.29) is 6.10 Å². The Morgan fingerprint density at radius 3 is 2.56 bits per heavy atom. The zero-order valence-electron chi connectivity index (χ0n) is 11.6. The summed E-state index contributed by atoms with van der Waals surface area (Å²) in [6.07, 6.45) is 7.55. The highest BCUT2D eigenvalue weighted by Gasteiger charge is 2.35. The van der Waals surface area contributed by atoms with Crippen molar-refractivity contribution in [2.24, 2.45) is 11.8 Å². The number of likely N-dealkylation sites (tertiary alicyclic amines) is 1. The number of aliphatic hydroxyl groups is 1. The normalized spacial score (nSPS) is 35.7. The molecular formula is C15H28N2O. The number of nitrogens with zero attached hydrogens (tertiary/aromatic N) is 1. The molecule has 1 heterocycles. The van der Waals surface area contributed by atoms with Gasteiger partial charge in [0, 0.05) is 25.2 Å². The summed E-state index contributed by atoms with van der Waals surface area (Å²) in [5.74, 6) is 1.34. The molecule has 0 bridgehead atoms. The molecule has 2 aliphatic carbocycles. The minimum Gasteiger partial charge on any atom is -0.393 e. The fraction of sp³-hybridized carbons (Fsp3) is 1.00.